The number of carbonyl (C=O) groups excluding carboxylic acids is 1. The zero-order valence-electron chi connectivity index (χ0n) is 15.3. The van der Waals surface area contributed by atoms with Crippen LogP contribution in [0.3, 0.4) is 0 Å². The highest BCUT2D eigenvalue weighted by Crippen LogP contribution is 2.21. The van der Waals surface area contributed by atoms with E-state index in [0.717, 1.165) is 16.6 Å². The molecule has 0 unspecified atom stereocenters. The molecule has 0 radical (unpaired) electrons. The molecule has 5 heteroatoms. The number of amides is 1. The Labute approximate surface area is 163 Å². The molecule has 0 spiro atoms. The van der Waals surface area contributed by atoms with Crippen LogP contribution in [-0.4, -0.2) is 20.6 Å². The van der Waals surface area contributed by atoms with Crippen LogP contribution in [0.15, 0.2) is 84.9 Å². The lowest BCUT2D eigenvalue weighted by atomic mass is 10.1. The Balaban J connectivity index is 1.59. The standard InChI is InChI=1S/C23H21N3O2/c27-21(17-9-3-1-4-10-17)16-26-20-14-8-7-13-19(20)25-22(26)15-24-23(28)18-11-5-2-6-12-18/h1-14,21,27H,15-16H2,(H,24,28)/t21-/m0/s1. The van der Waals surface area contributed by atoms with Gasteiger partial charge in [-0.05, 0) is 29.8 Å². The molecular formula is C23H21N3O2. The van der Waals surface area contributed by atoms with Crippen molar-refractivity contribution in [3.8, 4) is 0 Å². The monoisotopic (exact) mass is 371 g/mol. The Hall–Kier alpha value is -3.44. The first kappa shape index (κ1) is 17.9. The van der Waals surface area contributed by atoms with Crippen LogP contribution < -0.4 is 5.32 Å². The predicted molar refractivity (Wildman–Crippen MR) is 109 cm³/mol. The fraction of sp³-hybridized carbons (Fsp3) is 0.130. The summed E-state index contributed by atoms with van der Waals surface area (Å²) in [5.74, 6) is 0.559. The van der Waals surface area contributed by atoms with Gasteiger partial charge in [0.1, 0.15) is 5.82 Å². The van der Waals surface area contributed by atoms with Crippen LogP contribution in [0, 0.1) is 0 Å². The molecule has 0 fully saturated rings. The van der Waals surface area contributed by atoms with Crippen LogP contribution in [0.1, 0.15) is 27.8 Å². The van der Waals surface area contributed by atoms with E-state index in [4.69, 9.17) is 0 Å². The highest BCUT2D eigenvalue weighted by molar-refractivity contribution is 5.94. The molecule has 0 aliphatic rings. The van der Waals surface area contributed by atoms with Crippen LogP contribution in [0.2, 0.25) is 0 Å². The van der Waals surface area contributed by atoms with Gasteiger partial charge in [-0.3, -0.25) is 4.79 Å². The molecule has 5 nitrogen and oxygen atoms in total. The molecule has 28 heavy (non-hydrogen) atoms. The Morgan fingerprint density at radius 1 is 0.929 bits per heavy atom. The molecule has 1 heterocycles. The van der Waals surface area contributed by atoms with Gasteiger partial charge in [0.15, 0.2) is 0 Å². The van der Waals surface area contributed by atoms with Crippen molar-refractivity contribution < 1.29 is 9.90 Å². The summed E-state index contributed by atoms with van der Waals surface area (Å²) in [6.07, 6.45) is -0.664. The van der Waals surface area contributed by atoms with Gasteiger partial charge in [0.05, 0.1) is 30.2 Å². The minimum Gasteiger partial charge on any atom is -0.387 e. The summed E-state index contributed by atoms with van der Waals surface area (Å²) in [7, 11) is 0. The summed E-state index contributed by atoms with van der Waals surface area (Å²) in [5, 5.41) is 13.6. The summed E-state index contributed by atoms with van der Waals surface area (Å²) < 4.78 is 1.97. The molecule has 0 bridgehead atoms. The van der Waals surface area contributed by atoms with Crippen molar-refractivity contribution in [2.45, 2.75) is 19.2 Å². The maximum absolute atomic E-state index is 12.4. The summed E-state index contributed by atoms with van der Waals surface area (Å²) in [6.45, 7) is 0.644. The van der Waals surface area contributed by atoms with Crippen molar-refractivity contribution in [1.82, 2.24) is 14.9 Å². The predicted octanol–water partition coefficient (Wildman–Crippen LogP) is 3.70. The number of fused-ring (bicyclic) bond motifs is 1. The lowest BCUT2D eigenvalue weighted by molar-refractivity contribution is 0.0949. The number of nitrogens with one attached hydrogen (secondary N) is 1. The molecule has 140 valence electrons. The van der Waals surface area contributed by atoms with Crippen molar-refractivity contribution in [2.24, 2.45) is 0 Å². The van der Waals surface area contributed by atoms with Gasteiger partial charge in [0.25, 0.3) is 5.91 Å². The second-order valence-corrected chi connectivity index (χ2v) is 6.60. The highest BCUT2D eigenvalue weighted by atomic mass is 16.3. The minimum absolute atomic E-state index is 0.150. The Kier molecular flexibility index (Phi) is 5.17. The quantitative estimate of drug-likeness (QED) is 0.543. The third-order valence-corrected chi connectivity index (χ3v) is 4.72. The number of hydrogen-bond donors (Lipinski definition) is 2. The number of aliphatic hydroxyl groups excluding tert-OH is 1. The van der Waals surface area contributed by atoms with E-state index in [9.17, 15) is 9.90 Å². The van der Waals surface area contributed by atoms with Gasteiger partial charge in [-0.1, -0.05) is 60.7 Å². The molecule has 0 aliphatic carbocycles. The third-order valence-electron chi connectivity index (χ3n) is 4.72. The lowest BCUT2D eigenvalue weighted by Crippen LogP contribution is -2.25. The largest absolute Gasteiger partial charge is 0.387 e. The number of para-hydroxylation sites is 2. The number of benzene rings is 3. The van der Waals surface area contributed by atoms with Gasteiger partial charge >= 0.3 is 0 Å². The fourth-order valence-corrected chi connectivity index (χ4v) is 3.27. The van der Waals surface area contributed by atoms with E-state index in [1.54, 1.807) is 12.1 Å². The summed E-state index contributed by atoms with van der Waals surface area (Å²) >= 11 is 0. The van der Waals surface area contributed by atoms with Crippen molar-refractivity contribution in [3.05, 3.63) is 102 Å². The first-order valence-electron chi connectivity index (χ1n) is 9.23. The van der Waals surface area contributed by atoms with Crippen molar-refractivity contribution in [1.29, 1.82) is 0 Å². The second-order valence-electron chi connectivity index (χ2n) is 6.60. The number of aliphatic hydroxyl groups is 1. The number of imidazole rings is 1. The molecule has 0 saturated carbocycles. The first-order chi connectivity index (χ1) is 13.7. The minimum atomic E-state index is -0.664. The topological polar surface area (TPSA) is 67.2 Å². The van der Waals surface area contributed by atoms with Crippen LogP contribution in [0.5, 0.6) is 0 Å². The first-order valence-corrected chi connectivity index (χ1v) is 9.23. The molecule has 0 saturated heterocycles. The molecule has 3 aromatic carbocycles. The highest BCUT2D eigenvalue weighted by Gasteiger charge is 2.16. The van der Waals surface area contributed by atoms with Gasteiger partial charge < -0.3 is 15.0 Å². The molecule has 1 amide bonds. The Morgan fingerprint density at radius 2 is 1.57 bits per heavy atom. The van der Waals surface area contributed by atoms with Crippen molar-refractivity contribution in [2.75, 3.05) is 0 Å². The van der Waals surface area contributed by atoms with Crippen LogP contribution in [0.25, 0.3) is 11.0 Å². The average molecular weight is 371 g/mol. The fourth-order valence-electron chi connectivity index (χ4n) is 3.27. The van der Waals surface area contributed by atoms with Crippen molar-refractivity contribution >= 4 is 16.9 Å². The number of rotatable bonds is 6. The van der Waals surface area contributed by atoms with Crippen LogP contribution in [-0.2, 0) is 13.1 Å². The molecule has 1 aromatic heterocycles. The maximum atomic E-state index is 12.4. The number of carbonyl (C=O) groups is 1. The normalized spacial score (nSPS) is 12.0. The van der Waals surface area contributed by atoms with E-state index in [2.05, 4.69) is 10.3 Å². The molecule has 4 rings (SSSR count). The van der Waals surface area contributed by atoms with E-state index in [0.29, 0.717) is 17.9 Å². The van der Waals surface area contributed by atoms with Gasteiger partial charge in [-0.15, -0.1) is 0 Å². The van der Waals surface area contributed by atoms with Crippen molar-refractivity contribution in [3.63, 3.8) is 0 Å². The summed E-state index contributed by atoms with van der Waals surface area (Å²) in [6, 6.07) is 26.4. The number of hydrogen-bond acceptors (Lipinski definition) is 3. The van der Waals surface area contributed by atoms with Gasteiger partial charge in [0, 0.05) is 5.56 Å². The van der Waals surface area contributed by atoms with E-state index in [1.165, 1.54) is 0 Å². The lowest BCUT2D eigenvalue weighted by Gasteiger charge is -2.15. The van der Waals surface area contributed by atoms with E-state index < -0.39 is 6.10 Å². The smallest absolute Gasteiger partial charge is 0.251 e. The maximum Gasteiger partial charge on any atom is 0.251 e. The second kappa shape index (κ2) is 8.06. The molecule has 4 aromatic rings. The van der Waals surface area contributed by atoms with Crippen LogP contribution in [0.4, 0.5) is 0 Å². The third kappa shape index (κ3) is 3.80. The number of aromatic nitrogens is 2. The Morgan fingerprint density at radius 3 is 2.32 bits per heavy atom. The SMILES string of the molecule is O=C(NCc1nc2ccccc2n1C[C@H](O)c1ccccc1)c1ccccc1. The average Bonchev–Trinajstić information content (AvgIpc) is 3.10. The summed E-state index contributed by atoms with van der Waals surface area (Å²) in [4.78, 5) is 17.1. The summed E-state index contributed by atoms with van der Waals surface area (Å²) in [5.41, 5.74) is 3.22. The van der Waals surface area contributed by atoms with E-state index in [1.807, 2.05) is 77.4 Å². The van der Waals surface area contributed by atoms with E-state index in [-0.39, 0.29) is 12.5 Å². The van der Waals surface area contributed by atoms with Gasteiger partial charge in [-0.25, -0.2) is 4.98 Å². The molecular weight excluding hydrogens is 350 g/mol. The molecule has 2 N–H and O–H groups in total. The molecule has 0 aliphatic heterocycles. The number of nitrogens with zero attached hydrogens (tertiary/aromatic N) is 2. The molecule has 1 atom stereocenters. The van der Waals surface area contributed by atoms with E-state index >= 15 is 0 Å². The zero-order chi connectivity index (χ0) is 19.3. The van der Waals surface area contributed by atoms with Gasteiger partial charge in [0.2, 0.25) is 0 Å². The van der Waals surface area contributed by atoms with Crippen LogP contribution >= 0.6 is 0 Å². The Bertz CT molecular complexity index is 1070. The zero-order valence-corrected chi connectivity index (χ0v) is 15.3. The van der Waals surface area contributed by atoms with Gasteiger partial charge in [-0.2, -0.15) is 0 Å².